The van der Waals surface area contributed by atoms with E-state index in [4.69, 9.17) is 9.47 Å². The second kappa shape index (κ2) is 5.12. The van der Waals surface area contributed by atoms with Crippen LogP contribution in [0.2, 0.25) is 0 Å². The number of likely N-dealkylation sites (tertiary alicyclic amines) is 1. The van der Waals surface area contributed by atoms with Crippen LogP contribution in [0.1, 0.15) is 44.7 Å². The largest absolute Gasteiger partial charge is 0.444 e. The zero-order valence-electron chi connectivity index (χ0n) is 13.3. The number of carbonyl (C=O) groups is 1. The fourth-order valence-corrected chi connectivity index (χ4v) is 3.21. The molecule has 6 heteroatoms. The summed E-state index contributed by atoms with van der Waals surface area (Å²) < 4.78 is 11.4. The van der Waals surface area contributed by atoms with Crippen LogP contribution in [0.25, 0.3) is 0 Å². The van der Waals surface area contributed by atoms with E-state index in [1.54, 1.807) is 11.1 Å². The van der Waals surface area contributed by atoms with E-state index in [-0.39, 0.29) is 11.7 Å². The molecule has 1 saturated heterocycles. The Morgan fingerprint density at radius 1 is 1.45 bits per heavy atom. The highest BCUT2D eigenvalue weighted by molar-refractivity contribution is 5.68. The van der Waals surface area contributed by atoms with E-state index in [1.165, 1.54) is 0 Å². The molecule has 1 spiro atoms. The number of ether oxygens (including phenoxy) is 2. The number of piperidine rings is 1. The van der Waals surface area contributed by atoms with Crippen molar-refractivity contribution >= 4 is 6.09 Å². The molecule has 0 radical (unpaired) electrons. The number of rotatable bonds is 0. The molecule has 1 aromatic rings. The third kappa shape index (κ3) is 2.63. The Morgan fingerprint density at radius 3 is 2.95 bits per heavy atom. The van der Waals surface area contributed by atoms with Gasteiger partial charge in [-0.3, -0.25) is 4.79 Å². The summed E-state index contributed by atoms with van der Waals surface area (Å²) in [4.78, 5) is 28.6. The first kappa shape index (κ1) is 15.1. The Hall–Kier alpha value is -1.82. The maximum Gasteiger partial charge on any atom is 0.410 e. The maximum absolute atomic E-state index is 12.3. The van der Waals surface area contributed by atoms with Gasteiger partial charge >= 0.3 is 6.09 Å². The van der Waals surface area contributed by atoms with Gasteiger partial charge < -0.3 is 19.4 Å². The lowest BCUT2D eigenvalue weighted by molar-refractivity contribution is -0.0868. The van der Waals surface area contributed by atoms with Crippen molar-refractivity contribution in [3.63, 3.8) is 0 Å². The van der Waals surface area contributed by atoms with Gasteiger partial charge in [0.15, 0.2) is 0 Å². The summed E-state index contributed by atoms with van der Waals surface area (Å²) in [7, 11) is 0. The highest BCUT2D eigenvalue weighted by atomic mass is 16.6. The first-order valence-electron chi connectivity index (χ1n) is 7.64. The molecule has 0 saturated carbocycles. The Kier molecular flexibility index (Phi) is 3.51. The number of pyridine rings is 1. The number of hydrogen-bond acceptors (Lipinski definition) is 4. The molecule has 1 N–H and O–H groups in total. The summed E-state index contributed by atoms with van der Waals surface area (Å²) in [5, 5.41) is 0. The molecule has 6 nitrogen and oxygen atoms in total. The Labute approximate surface area is 129 Å². The number of aromatic amines is 1. The number of hydrogen-bond donors (Lipinski definition) is 1. The maximum atomic E-state index is 12.3. The fourth-order valence-electron chi connectivity index (χ4n) is 3.21. The summed E-state index contributed by atoms with van der Waals surface area (Å²) >= 11 is 0. The normalized spacial score (nSPS) is 24.4. The molecule has 1 aromatic heterocycles. The fraction of sp³-hybridized carbons (Fsp3) is 0.625. The monoisotopic (exact) mass is 306 g/mol. The second-order valence-electron chi connectivity index (χ2n) is 6.99. The van der Waals surface area contributed by atoms with Crippen LogP contribution in [0.5, 0.6) is 0 Å². The van der Waals surface area contributed by atoms with Crippen LogP contribution in [0.15, 0.2) is 17.1 Å². The summed E-state index contributed by atoms with van der Waals surface area (Å²) in [5.41, 5.74) is 0.383. The number of carbonyl (C=O) groups excluding carboxylic acids is 1. The third-order valence-electron chi connectivity index (χ3n) is 4.15. The zero-order valence-corrected chi connectivity index (χ0v) is 13.3. The van der Waals surface area contributed by atoms with Crippen LogP contribution in [-0.2, 0) is 21.7 Å². The molecule has 0 aromatic carbocycles. The number of aromatic nitrogens is 1. The molecule has 120 valence electrons. The quantitative estimate of drug-likeness (QED) is 0.797. The first-order valence-corrected chi connectivity index (χ1v) is 7.64. The number of nitrogens with zero attached hydrogens (tertiary/aromatic N) is 1. The van der Waals surface area contributed by atoms with Crippen LogP contribution in [0.3, 0.4) is 0 Å². The molecular formula is C16H22N2O4. The molecular weight excluding hydrogens is 284 g/mol. The first-order chi connectivity index (χ1) is 10.3. The summed E-state index contributed by atoms with van der Waals surface area (Å²) in [6.07, 6.45) is 2.95. The molecule has 0 bridgehead atoms. The van der Waals surface area contributed by atoms with E-state index in [0.717, 1.165) is 18.4 Å². The van der Waals surface area contributed by atoms with Crippen LogP contribution in [-0.4, -0.2) is 34.7 Å². The third-order valence-corrected chi connectivity index (χ3v) is 4.15. The Bertz CT molecular complexity index is 646. The molecule has 1 atom stereocenters. The van der Waals surface area contributed by atoms with Gasteiger partial charge in [-0.25, -0.2) is 4.79 Å². The van der Waals surface area contributed by atoms with Crippen molar-refractivity contribution in [2.24, 2.45) is 0 Å². The van der Waals surface area contributed by atoms with Gasteiger partial charge in [-0.15, -0.1) is 0 Å². The van der Waals surface area contributed by atoms with Crippen LogP contribution in [0.4, 0.5) is 4.79 Å². The minimum Gasteiger partial charge on any atom is -0.444 e. The summed E-state index contributed by atoms with van der Waals surface area (Å²) in [5.74, 6) is 0. The topological polar surface area (TPSA) is 71.6 Å². The smallest absolute Gasteiger partial charge is 0.410 e. The molecule has 2 aliphatic heterocycles. The average molecular weight is 306 g/mol. The number of fused-ring (bicyclic) bond motifs is 2. The van der Waals surface area contributed by atoms with Gasteiger partial charge in [0, 0.05) is 18.3 Å². The molecule has 3 rings (SSSR count). The van der Waals surface area contributed by atoms with Crippen LogP contribution < -0.4 is 5.56 Å². The minimum absolute atomic E-state index is 0.108. The number of amides is 1. The van der Waals surface area contributed by atoms with Gasteiger partial charge in [0.05, 0.1) is 13.2 Å². The number of H-pyrrole nitrogens is 1. The SMILES string of the molecule is CC(C)(C)OC(=O)N1CCCC2(C1)OCc1c2cc[nH]c1=O. The Morgan fingerprint density at radius 2 is 2.23 bits per heavy atom. The molecule has 22 heavy (non-hydrogen) atoms. The van der Waals surface area contributed by atoms with Crippen molar-refractivity contribution in [2.75, 3.05) is 13.1 Å². The molecule has 1 unspecified atom stereocenters. The van der Waals surface area contributed by atoms with Gasteiger partial charge in [-0.05, 0) is 45.2 Å². The second-order valence-corrected chi connectivity index (χ2v) is 6.99. The van der Waals surface area contributed by atoms with E-state index in [2.05, 4.69) is 4.98 Å². The van der Waals surface area contributed by atoms with E-state index in [1.807, 2.05) is 26.8 Å². The molecule has 3 heterocycles. The van der Waals surface area contributed by atoms with E-state index < -0.39 is 11.2 Å². The summed E-state index contributed by atoms with van der Waals surface area (Å²) in [6, 6.07) is 1.89. The molecule has 0 aliphatic carbocycles. The van der Waals surface area contributed by atoms with E-state index in [0.29, 0.717) is 25.3 Å². The highest BCUT2D eigenvalue weighted by Crippen LogP contribution is 2.41. The average Bonchev–Trinajstić information content (AvgIpc) is 2.77. The molecule has 1 fully saturated rings. The summed E-state index contributed by atoms with van der Waals surface area (Å²) in [6.45, 7) is 6.94. The van der Waals surface area contributed by atoms with Crippen molar-refractivity contribution in [3.8, 4) is 0 Å². The van der Waals surface area contributed by atoms with Gasteiger partial charge in [-0.2, -0.15) is 0 Å². The Balaban J connectivity index is 1.85. The van der Waals surface area contributed by atoms with E-state index >= 15 is 0 Å². The number of nitrogens with one attached hydrogen (secondary N) is 1. The predicted molar refractivity (Wildman–Crippen MR) is 80.6 cm³/mol. The lowest BCUT2D eigenvalue weighted by atomic mass is 9.86. The zero-order chi connectivity index (χ0) is 16.0. The highest BCUT2D eigenvalue weighted by Gasteiger charge is 2.46. The van der Waals surface area contributed by atoms with Crippen LogP contribution >= 0.6 is 0 Å². The van der Waals surface area contributed by atoms with Crippen molar-refractivity contribution in [1.29, 1.82) is 0 Å². The standard InChI is InChI=1S/C16H22N2O4/c1-15(2,3)22-14(20)18-8-4-6-16(10-18)12-5-7-17-13(19)11(12)9-21-16/h5,7H,4,6,8-10H2,1-3H3,(H,17,19). The molecule has 2 aliphatic rings. The predicted octanol–water partition coefficient (Wildman–Crippen LogP) is 2.13. The van der Waals surface area contributed by atoms with E-state index in [9.17, 15) is 9.59 Å². The molecule has 1 amide bonds. The lowest BCUT2D eigenvalue weighted by Gasteiger charge is -2.40. The lowest BCUT2D eigenvalue weighted by Crippen LogP contribution is -2.49. The van der Waals surface area contributed by atoms with Crippen molar-refractivity contribution < 1.29 is 14.3 Å². The van der Waals surface area contributed by atoms with Gasteiger partial charge in [0.1, 0.15) is 11.2 Å². The van der Waals surface area contributed by atoms with Crippen molar-refractivity contribution in [2.45, 2.75) is 51.4 Å². The van der Waals surface area contributed by atoms with Gasteiger partial charge in [0.25, 0.3) is 5.56 Å². The minimum atomic E-state index is -0.571. The van der Waals surface area contributed by atoms with Gasteiger partial charge in [-0.1, -0.05) is 0 Å². The van der Waals surface area contributed by atoms with Crippen molar-refractivity contribution in [3.05, 3.63) is 33.7 Å². The van der Waals surface area contributed by atoms with Crippen LogP contribution in [0, 0.1) is 0 Å². The van der Waals surface area contributed by atoms with Gasteiger partial charge in [0.2, 0.25) is 0 Å². The van der Waals surface area contributed by atoms with Crippen molar-refractivity contribution in [1.82, 2.24) is 9.88 Å².